The van der Waals surface area contributed by atoms with Gasteiger partial charge in [-0.1, -0.05) is 23.2 Å². The van der Waals surface area contributed by atoms with Crippen LogP contribution in [0.1, 0.15) is 27.9 Å². The van der Waals surface area contributed by atoms with Crippen LogP contribution < -0.4 is 5.23 Å². The highest BCUT2D eigenvalue weighted by atomic mass is 35.5. The van der Waals surface area contributed by atoms with Crippen LogP contribution in [0.25, 0.3) is 5.69 Å². The maximum Gasteiger partial charge on any atom is 0.404 e. The van der Waals surface area contributed by atoms with Gasteiger partial charge in [-0.2, -0.15) is 23.5 Å². The van der Waals surface area contributed by atoms with Gasteiger partial charge in [-0.05, 0) is 42.0 Å². The first-order valence-corrected chi connectivity index (χ1v) is 9.90. The highest BCUT2D eigenvalue weighted by Crippen LogP contribution is 2.45. The molecule has 2 aromatic carbocycles. The van der Waals surface area contributed by atoms with Gasteiger partial charge in [-0.3, -0.25) is 4.79 Å². The molecule has 13 heteroatoms. The van der Waals surface area contributed by atoms with Gasteiger partial charge in [0.15, 0.2) is 5.78 Å². The summed E-state index contributed by atoms with van der Waals surface area (Å²) < 4.78 is 44.4. The monoisotopic (exact) mass is 499 g/mol. The molecule has 8 nitrogen and oxygen atoms in total. The van der Waals surface area contributed by atoms with Crippen molar-refractivity contribution < 1.29 is 28.4 Å². The third-order valence-electron chi connectivity index (χ3n) is 4.98. The molecule has 0 amide bonds. The normalized spacial score (nSPS) is 14.4. The average molecular weight is 500 g/mol. The van der Waals surface area contributed by atoms with E-state index in [0.29, 0.717) is 0 Å². The molecule has 1 heterocycles. The average Bonchev–Trinajstić information content (AvgIpc) is 3.25. The molecule has 3 rings (SSSR count). The zero-order valence-electron chi connectivity index (χ0n) is 16.5. The molecule has 1 aromatic heterocycles. The van der Waals surface area contributed by atoms with Crippen molar-refractivity contribution in [3.63, 3.8) is 0 Å². The van der Waals surface area contributed by atoms with Gasteiger partial charge in [0, 0.05) is 22.0 Å². The highest BCUT2D eigenvalue weighted by Gasteiger charge is 2.59. The number of quaternary nitrogens is 1. The fourth-order valence-electron chi connectivity index (χ4n) is 3.43. The lowest BCUT2D eigenvalue weighted by Gasteiger charge is -2.36. The van der Waals surface area contributed by atoms with Gasteiger partial charge in [-0.15, -0.1) is 0 Å². The molecule has 0 saturated heterocycles. The number of hydrogen-bond donors (Lipinski definition) is 2. The molecule has 0 aliphatic carbocycles. The topological polar surface area (TPSA) is 119 Å². The van der Waals surface area contributed by atoms with Gasteiger partial charge in [0.05, 0.1) is 11.3 Å². The minimum absolute atomic E-state index is 0.0343. The van der Waals surface area contributed by atoms with Crippen LogP contribution in [0.15, 0.2) is 49.1 Å². The van der Waals surface area contributed by atoms with Crippen molar-refractivity contribution >= 4 is 29.0 Å². The highest BCUT2D eigenvalue weighted by molar-refractivity contribution is 6.34. The number of halogens is 5. The Morgan fingerprint density at radius 3 is 2.39 bits per heavy atom. The number of Topliss-reactive ketones (excluding diaryl/α,β-unsaturated/α-hetero) is 1. The number of alkyl halides is 3. The number of hydrogen-bond acceptors (Lipinski definition) is 6. The number of nitrogens with one attached hydrogen (secondary N) is 1. The van der Waals surface area contributed by atoms with Gasteiger partial charge in [0.1, 0.15) is 30.7 Å². The van der Waals surface area contributed by atoms with Gasteiger partial charge in [-0.25, -0.2) is 20.1 Å². The Kier molecular flexibility index (Phi) is 7.06. The van der Waals surface area contributed by atoms with Crippen molar-refractivity contribution in [2.24, 2.45) is 0 Å². The summed E-state index contributed by atoms with van der Waals surface area (Å²) in [6.07, 6.45) is -3.86. The van der Waals surface area contributed by atoms with Crippen LogP contribution in [0.5, 0.6) is 0 Å². The molecule has 0 aliphatic rings. The molecular formula is C20H14Cl2F3N5O3. The molecule has 3 aromatic rings. The largest absolute Gasteiger partial charge is 0.600 e. The third-order valence-corrected chi connectivity index (χ3v) is 5.41. The summed E-state index contributed by atoms with van der Waals surface area (Å²) in [5.41, 5.74) is -3.64. The molecule has 0 spiro atoms. The van der Waals surface area contributed by atoms with E-state index in [1.165, 1.54) is 35.5 Å². The van der Waals surface area contributed by atoms with Crippen LogP contribution in [-0.2, 0) is 5.41 Å². The molecule has 0 fully saturated rings. The van der Waals surface area contributed by atoms with Crippen LogP contribution in [0.3, 0.4) is 0 Å². The van der Waals surface area contributed by atoms with Gasteiger partial charge in [0.25, 0.3) is 0 Å². The lowest BCUT2D eigenvalue weighted by molar-refractivity contribution is -1.05. The van der Waals surface area contributed by atoms with Gasteiger partial charge < -0.3 is 5.21 Å². The molecule has 0 aliphatic heterocycles. The number of hydroxylamine groups is 2. The van der Waals surface area contributed by atoms with Crippen molar-refractivity contribution in [2.75, 3.05) is 6.54 Å². The summed E-state index contributed by atoms with van der Waals surface area (Å²) in [4.78, 5) is 16.8. The summed E-state index contributed by atoms with van der Waals surface area (Å²) >= 11 is 11.7. The lowest BCUT2D eigenvalue weighted by atomic mass is 9.74. The van der Waals surface area contributed by atoms with Gasteiger partial charge >= 0.3 is 6.18 Å². The summed E-state index contributed by atoms with van der Waals surface area (Å²) in [5, 5.41) is 32.0. The smallest absolute Gasteiger partial charge is 0.404 e. The van der Waals surface area contributed by atoms with E-state index in [1.54, 1.807) is 0 Å². The molecule has 2 atom stereocenters. The fourth-order valence-corrected chi connectivity index (χ4v) is 3.95. The molecule has 0 bridgehead atoms. The quantitative estimate of drug-likeness (QED) is 0.380. The zero-order valence-corrected chi connectivity index (χ0v) is 18.0. The van der Waals surface area contributed by atoms with Crippen molar-refractivity contribution in [2.45, 2.75) is 18.0 Å². The fraction of sp³-hybridized carbons (Fsp3) is 0.200. The molecule has 172 valence electrons. The van der Waals surface area contributed by atoms with E-state index in [2.05, 4.69) is 10.1 Å². The standard InChI is InChI=1S/C20H14Cl2F3N5O3/c21-15-4-14(5-16(22)6-15)19(9-30(32)33,20(23,24)25)7-18(31)12-1-2-17(13(3-12)8-26)29-11-27-10-28-29/h1-6,10-11,30,32H,7,9H2/t19-/m0/s1. The van der Waals surface area contributed by atoms with Crippen molar-refractivity contribution in [3.8, 4) is 11.8 Å². The van der Waals surface area contributed by atoms with E-state index in [1.807, 2.05) is 6.07 Å². The molecule has 33 heavy (non-hydrogen) atoms. The minimum atomic E-state index is -5.15. The number of aromatic nitrogens is 3. The van der Waals surface area contributed by atoms with E-state index in [-0.39, 0.29) is 26.9 Å². The second kappa shape index (κ2) is 9.46. The molecule has 0 radical (unpaired) electrons. The first kappa shape index (κ1) is 24.6. The Bertz CT molecular complexity index is 1190. The van der Waals surface area contributed by atoms with E-state index in [4.69, 9.17) is 23.2 Å². The molecular weight excluding hydrogens is 486 g/mol. The van der Waals surface area contributed by atoms with Crippen LogP contribution in [0.2, 0.25) is 10.0 Å². The summed E-state index contributed by atoms with van der Waals surface area (Å²) in [6, 6.07) is 8.61. The predicted molar refractivity (Wildman–Crippen MR) is 110 cm³/mol. The summed E-state index contributed by atoms with van der Waals surface area (Å²) in [6.45, 7) is -1.43. The number of benzene rings is 2. The first-order valence-electron chi connectivity index (χ1n) is 9.14. The van der Waals surface area contributed by atoms with Crippen LogP contribution in [0.4, 0.5) is 13.2 Å². The van der Waals surface area contributed by atoms with Crippen LogP contribution in [0, 0.1) is 16.5 Å². The Labute approximate surface area is 194 Å². The zero-order chi connectivity index (χ0) is 24.4. The molecule has 1 unspecified atom stereocenters. The Morgan fingerprint density at radius 2 is 1.88 bits per heavy atom. The molecule has 0 saturated carbocycles. The van der Waals surface area contributed by atoms with Crippen molar-refractivity contribution in [1.29, 1.82) is 5.26 Å². The van der Waals surface area contributed by atoms with E-state index < -0.39 is 41.1 Å². The Hall–Kier alpha value is -3.01. The minimum Gasteiger partial charge on any atom is -0.600 e. The van der Waals surface area contributed by atoms with Crippen LogP contribution in [-0.4, -0.2) is 38.5 Å². The second-order valence-electron chi connectivity index (χ2n) is 7.09. The van der Waals surface area contributed by atoms with E-state index in [9.17, 15) is 33.6 Å². The number of carbonyl (C=O) groups is 1. The Balaban J connectivity index is 2.09. The Morgan fingerprint density at radius 1 is 1.21 bits per heavy atom. The third kappa shape index (κ3) is 5.16. The maximum atomic E-state index is 14.4. The van der Waals surface area contributed by atoms with Crippen LogP contribution >= 0.6 is 23.2 Å². The number of carbonyl (C=O) groups excluding carboxylic acids is 1. The molecule has 2 N–H and O–H groups in total. The second-order valence-corrected chi connectivity index (χ2v) is 7.97. The summed E-state index contributed by atoms with van der Waals surface area (Å²) in [5.74, 6) is -1.02. The van der Waals surface area contributed by atoms with Crippen molar-refractivity contribution in [3.05, 3.63) is 81.0 Å². The first-order chi connectivity index (χ1) is 15.5. The predicted octanol–water partition coefficient (Wildman–Crippen LogP) is 3.29. The van der Waals surface area contributed by atoms with E-state index in [0.717, 1.165) is 18.2 Å². The van der Waals surface area contributed by atoms with Gasteiger partial charge in [0.2, 0.25) is 0 Å². The lowest BCUT2D eigenvalue weighted by Crippen LogP contribution is -3.07. The summed E-state index contributed by atoms with van der Waals surface area (Å²) in [7, 11) is 0. The number of ketones is 1. The number of nitrogens with zero attached hydrogens (tertiary/aromatic N) is 4. The van der Waals surface area contributed by atoms with E-state index >= 15 is 0 Å². The number of rotatable bonds is 7. The maximum absolute atomic E-state index is 14.4. The van der Waals surface area contributed by atoms with Crippen molar-refractivity contribution in [1.82, 2.24) is 14.8 Å². The number of nitriles is 1. The SMILES string of the molecule is N#Cc1cc(C(=O)C[C@](C[NH+]([O-])O)(c2cc(Cl)cc(Cl)c2)C(F)(F)F)ccc1-n1cncn1.